The molecule has 2 aromatic carbocycles. The summed E-state index contributed by atoms with van der Waals surface area (Å²) >= 11 is 0. The molecule has 0 aliphatic rings. The molecule has 0 amide bonds. The van der Waals surface area contributed by atoms with Gasteiger partial charge in [-0.05, 0) is 40.4 Å². The van der Waals surface area contributed by atoms with Gasteiger partial charge in [-0.25, -0.2) is 0 Å². The molecule has 4 nitrogen and oxygen atoms in total. The summed E-state index contributed by atoms with van der Waals surface area (Å²) in [6.07, 6.45) is -2.33. The molecular weight excluding hydrogens is 314 g/mol. The van der Waals surface area contributed by atoms with Gasteiger partial charge in [-0.2, -0.15) is 0 Å². The molecule has 0 heterocycles. The quantitative estimate of drug-likeness (QED) is 0.539. The van der Waals surface area contributed by atoms with Crippen molar-refractivity contribution in [3.8, 4) is 16.9 Å². The summed E-state index contributed by atoms with van der Waals surface area (Å²) in [4.78, 5) is 8.33. The normalized spacial score (nSPS) is 9.52. The van der Waals surface area contributed by atoms with Crippen molar-refractivity contribution in [1.82, 2.24) is 0 Å². The first-order chi connectivity index (χ1) is 9.70. The molecular formula is C17H18Na2O4. The first-order valence-corrected chi connectivity index (χ1v) is 6.48. The van der Waals surface area contributed by atoms with Crippen LogP contribution < -0.4 is 69.3 Å². The van der Waals surface area contributed by atoms with E-state index in [2.05, 4.69) is 45.0 Å². The molecule has 0 fully saturated rings. The Labute approximate surface area is 181 Å². The minimum absolute atomic E-state index is 0. The van der Waals surface area contributed by atoms with Crippen molar-refractivity contribution >= 4 is 6.16 Å². The maximum Gasteiger partial charge on any atom is 1.00 e. The van der Waals surface area contributed by atoms with E-state index in [-0.39, 0.29) is 64.5 Å². The van der Waals surface area contributed by atoms with Gasteiger partial charge < -0.3 is 20.1 Å². The fourth-order valence-electron chi connectivity index (χ4n) is 1.82. The topological polar surface area (TPSA) is 83.4 Å². The Morgan fingerprint density at radius 3 is 1.43 bits per heavy atom. The zero-order valence-corrected chi connectivity index (χ0v) is 18.3. The van der Waals surface area contributed by atoms with Crippen LogP contribution in [0.1, 0.15) is 26.3 Å². The van der Waals surface area contributed by atoms with Gasteiger partial charge in [0.1, 0.15) is 5.75 Å². The van der Waals surface area contributed by atoms with E-state index in [9.17, 15) is 5.11 Å². The van der Waals surface area contributed by atoms with Crippen LogP contribution in [-0.2, 0) is 5.41 Å². The fraction of sp³-hybridized carbons (Fsp3) is 0.235. The van der Waals surface area contributed by atoms with Gasteiger partial charge in [0.25, 0.3) is 0 Å². The van der Waals surface area contributed by atoms with Crippen LogP contribution in [0.2, 0.25) is 0 Å². The first-order valence-electron chi connectivity index (χ1n) is 6.48. The minimum atomic E-state index is -2.33. The summed E-state index contributed by atoms with van der Waals surface area (Å²) in [5, 5.41) is 25.9. The molecule has 0 aliphatic heterocycles. The van der Waals surface area contributed by atoms with Gasteiger partial charge >= 0.3 is 59.1 Å². The van der Waals surface area contributed by atoms with Gasteiger partial charge in [-0.1, -0.05) is 57.2 Å². The number of carbonyl (C=O) groups excluding carboxylic acids is 1. The third kappa shape index (κ3) is 9.40. The minimum Gasteiger partial charge on any atom is -0.652 e. The molecule has 0 aromatic heterocycles. The molecule has 6 heteroatoms. The van der Waals surface area contributed by atoms with E-state index in [1.807, 2.05) is 12.1 Å². The Bertz CT molecular complexity index is 583. The van der Waals surface area contributed by atoms with Crippen LogP contribution in [0, 0.1) is 0 Å². The van der Waals surface area contributed by atoms with E-state index in [4.69, 9.17) is 15.0 Å². The van der Waals surface area contributed by atoms with Crippen molar-refractivity contribution in [2.24, 2.45) is 0 Å². The second-order valence-corrected chi connectivity index (χ2v) is 5.62. The number of phenols is 1. The molecule has 0 saturated carbocycles. The summed E-state index contributed by atoms with van der Waals surface area (Å²) in [5.74, 6) is 0.306. The zero-order valence-electron chi connectivity index (χ0n) is 14.3. The summed E-state index contributed by atoms with van der Waals surface area (Å²) in [7, 11) is 0. The smallest absolute Gasteiger partial charge is 0.652 e. The van der Waals surface area contributed by atoms with E-state index < -0.39 is 6.16 Å². The Hall–Kier alpha value is -0.490. The number of phenolic OH excluding ortho intramolecular Hbond substituents is 1. The van der Waals surface area contributed by atoms with Crippen LogP contribution in [-0.4, -0.2) is 11.3 Å². The molecule has 2 rings (SSSR count). The van der Waals surface area contributed by atoms with Crippen LogP contribution >= 0.6 is 0 Å². The Morgan fingerprint density at radius 2 is 1.13 bits per heavy atom. The van der Waals surface area contributed by atoms with Crippen LogP contribution in [0.4, 0.5) is 4.79 Å². The molecule has 2 aromatic rings. The van der Waals surface area contributed by atoms with Crippen LogP contribution in [0.25, 0.3) is 11.1 Å². The van der Waals surface area contributed by atoms with E-state index in [1.165, 1.54) is 11.1 Å². The summed E-state index contributed by atoms with van der Waals surface area (Å²) < 4.78 is 0. The van der Waals surface area contributed by atoms with Crippen LogP contribution in [0.15, 0.2) is 48.5 Å². The van der Waals surface area contributed by atoms with Crippen molar-refractivity contribution in [3.63, 3.8) is 0 Å². The molecule has 0 saturated heterocycles. The molecule has 0 bridgehead atoms. The predicted molar refractivity (Wildman–Crippen MR) is 77.6 cm³/mol. The summed E-state index contributed by atoms with van der Waals surface area (Å²) in [5.41, 5.74) is 3.83. The summed E-state index contributed by atoms with van der Waals surface area (Å²) in [6.45, 7) is 6.63. The maximum atomic E-state index is 9.25. The van der Waals surface area contributed by atoms with Crippen molar-refractivity contribution in [1.29, 1.82) is 0 Å². The average molecular weight is 332 g/mol. The standard InChI is InChI=1S/C16H18O.CH2O3.2Na/c1-16(2,3)14-8-4-12(5-9-14)13-6-10-15(17)11-7-13;2-1(3)4;;/h4-11,17H,1-3H3;(H2,2,3,4);;/q;;2*+1/p-2. The van der Waals surface area contributed by atoms with Gasteiger partial charge in [0, 0.05) is 0 Å². The number of hydrogen-bond donors (Lipinski definition) is 1. The number of rotatable bonds is 1. The van der Waals surface area contributed by atoms with Gasteiger partial charge in [0.05, 0.1) is 0 Å². The van der Waals surface area contributed by atoms with E-state index in [0.29, 0.717) is 5.75 Å². The molecule has 0 aliphatic carbocycles. The Kier molecular flexibility index (Phi) is 12.0. The van der Waals surface area contributed by atoms with Gasteiger partial charge in [0.15, 0.2) is 0 Å². The second-order valence-electron chi connectivity index (χ2n) is 5.62. The number of carboxylic acid groups (broad SMARTS) is 2. The van der Waals surface area contributed by atoms with Crippen molar-refractivity contribution in [2.45, 2.75) is 26.2 Å². The molecule has 0 radical (unpaired) electrons. The number of benzene rings is 2. The van der Waals surface area contributed by atoms with E-state index in [1.54, 1.807) is 12.1 Å². The molecule has 112 valence electrons. The van der Waals surface area contributed by atoms with Gasteiger partial charge in [-0.15, -0.1) is 0 Å². The monoisotopic (exact) mass is 332 g/mol. The third-order valence-electron chi connectivity index (χ3n) is 2.95. The SMILES string of the molecule is CC(C)(C)c1ccc(-c2ccc(O)cc2)cc1.O=C([O-])[O-].[Na+].[Na+]. The van der Waals surface area contributed by atoms with Gasteiger partial charge in [-0.3, -0.25) is 0 Å². The third-order valence-corrected chi connectivity index (χ3v) is 2.95. The van der Waals surface area contributed by atoms with E-state index >= 15 is 0 Å². The van der Waals surface area contributed by atoms with Crippen LogP contribution in [0.5, 0.6) is 5.75 Å². The number of hydrogen-bond acceptors (Lipinski definition) is 4. The molecule has 1 N–H and O–H groups in total. The molecule has 23 heavy (non-hydrogen) atoms. The molecule has 0 spiro atoms. The van der Waals surface area contributed by atoms with Crippen molar-refractivity contribution < 1.29 is 79.2 Å². The van der Waals surface area contributed by atoms with Crippen molar-refractivity contribution in [2.75, 3.05) is 0 Å². The second kappa shape index (κ2) is 11.1. The fourth-order valence-corrected chi connectivity index (χ4v) is 1.82. The predicted octanol–water partition coefficient (Wildman–Crippen LogP) is -4.08. The number of aromatic hydroxyl groups is 1. The summed E-state index contributed by atoms with van der Waals surface area (Å²) in [6, 6.07) is 15.9. The maximum absolute atomic E-state index is 9.25. The largest absolute Gasteiger partial charge is 1.00 e. The first kappa shape index (κ1) is 24.8. The molecule has 0 unspecified atom stereocenters. The Balaban J connectivity index is 0. The van der Waals surface area contributed by atoms with Crippen molar-refractivity contribution in [3.05, 3.63) is 54.1 Å². The van der Waals surface area contributed by atoms with E-state index in [0.717, 1.165) is 5.56 Å². The number of carbonyl (C=O) groups is 1. The average Bonchev–Trinajstić information content (AvgIpc) is 2.38. The molecule has 0 atom stereocenters. The van der Waals surface area contributed by atoms with Crippen LogP contribution in [0.3, 0.4) is 0 Å². The zero-order chi connectivity index (χ0) is 16.0. The van der Waals surface area contributed by atoms with Gasteiger partial charge in [0.2, 0.25) is 0 Å². The Morgan fingerprint density at radius 1 is 0.826 bits per heavy atom.